The molecular weight excluding hydrogens is 264 g/mol. The van der Waals surface area contributed by atoms with Crippen LogP contribution in [0.3, 0.4) is 0 Å². The normalized spacial score (nSPS) is 23.6. The van der Waals surface area contributed by atoms with E-state index < -0.39 is 0 Å². The highest BCUT2D eigenvalue weighted by Crippen LogP contribution is 2.24. The minimum absolute atomic E-state index is 0.0410. The quantitative estimate of drug-likeness (QED) is 0.501. The zero-order valence-corrected chi connectivity index (χ0v) is 13.9. The maximum Gasteiger partial charge on any atom is 0.0839 e. The van der Waals surface area contributed by atoms with Crippen molar-refractivity contribution >= 4 is 0 Å². The Labute approximate surface area is 131 Å². The monoisotopic (exact) mass is 300 g/mol. The van der Waals surface area contributed by atoms with Crippen LogP contribution in [0, 0.1) is 0 Å². The molecule has 1 aliphatic rings. The van der Waals surface area contributed by atoms with Gasteiger partial charge in [0.15, 0.2) is 0 Å². The summed E-state index contributed by atoms with van der Waals surface area (Å²) < 4.78 is 5.61. The van der Waals surface area contributed by atoms with E-state index in [2.05, 4.69) is 6.92 Å². The summed E-state index contributed by atoms with van der Waals surface area (Å²) in [5.74, 6) is 0. The van der Waals surface area contributed by atoms with Crippen LogP contribution in [0.1, 0.15) is 90.4 Å². The lowest BCUT2D eigenvalue weighted by Crippen LogP contribution is -2.27. The third-order valence-electron chi connectivity index (χ3n) is 4.63. The van der Waals surface area contributed by atoms with Gasteiger partial charge in [-0.25, -0.2) is 0 Å². The molecule has 126 valence electrons. The zero-order chi connectivity index (χ0) is 15.3. The van der Waals surface area contributed by atoms with E-state index in [0.717, 1.165) is 25.7 Å². The van der Waals surface area contributed by atoms with E-state index in [1.165, 1.54) is 57.8 Å². The number of hydrogen-bond donors (Lipinski definition) is 2. The zero-order valence-electron chi connectivity index (χ0n) is 13.9. The lowest BCUT2D eigenvalue weighted by atomic mass is 10.0. The van der Waals surface area contributed by atoms with Gasteiger partial charge in [0.1, 0.15) is 0 Å². The van der Waals surface area contributed by atoms with Crippen LogP contribution in [0.4, 0.5) is 0 Å². The lowest BCUT2D eigenvalue weighted by molar-refractivity contribution is -0.0516. The lowest BCUT2D eigenvalue weighted by Gasteiger charge is -2.18. The molecule has 3 atom stereocenters. The second-order valence-electron chi connectivity index (χ2n) is 6.59. The molecule has 1 saturated heterocycles. The molecule has 0 spiro atoms. The van der Waals surface area contributed by atoms with Crippen molar-refractivity contribution in [1.82, 2.24) is 0 Å². The van der Waals surface area contributed by atoms with Gasteiger partial charge in [-0.3, -0.25) is 0 Å². The van der Waals surface area contributed by atoms with E-state index in [1.807, 2.05) is 0 Å². The Morgan fingerprint density at radius 2 is 1.48 bits per heavy atom. The third kappa shape index (κ3) is 8.80. The van der Waals surface area contributed by atoms with Crippen molar-refractivity contribution in [2.75, 3.05) is 6.61 Å². The summed E-state index contributed by atoms with van der Waals surface area (Å²) in [5, 5.41) is 19.1. The summed E-state index contributed by atoms with van der Waals surface area (Å²) in [4.78, 5) is 0. The van der Waals surface area contributed by atoms with E-state index in [1.54, 1.807) is 0 Å². The fraction of sp³-hybridized carbons (Fsp3) is 1.00. The fourth-order valence-corrected chi connectivity index (χ4v) is 3.18. The van der Waals surface area contributed by atoms with Crippen LogP contribution in [0.25, 0.3) is 0 Å². The second kappa shape index (κ2) is 12.4. The van der Waals surface area contributed by atoms with Gasteiger partial charge in [0.2, 0.25) is 0 Å². The van der Waals surface area contributed by atoms with Crippen molar-refractivity contribution in [3.8, 4) is 0 Å². The Kier molecular flexibility index (Phi) is 11.2. The fourth-order valence-electron chi connectivity index (χ4n) is 3.18. The smallest absolute Gasteiger partial charge is 0.0839 e. The predicted molar refractivity (Wildman–Crippen MR) is 87.4 cm³/mol. The highest BCUT2D eigenvalue weighted by Gasteiger charge is 2.29. The molecule has 1 rings (SSSR count). The van der Waals surface area contributed by atoms with E-state index in [4.69, 9.17) is 9.84 Å². The van der Waals surface area contributed by atoms with Gasteiger partial charge in [0.05, 0.1) is 24.9 Å². The van der Waals surface area contributed by atoms with Gasteiger partial charge in [0, 0.05) is 0 Å². The van der Waals surface area contributed by atoms with Crippen molar-refractivity contribution in [2.45, 2.75) is 109 Å². The van der Waals surface area contributed by atoms with Crippen molar-refractivity contribution < 1.29 is 14.9 Å². The molecule has 1 heterocycles. The summed E-state index contributed by atoms with van der Waals surface area (Å²) in [6.45, 7) is 2.34. The average Bonchev–Trinajstić information content (AvgIpc) is 2.98. The van der Waals surface area contributed by atoms with E-state index >= 15 is 0 Å². The van der Waals surface area contributed by atoms with Crippen LogP contribution >= 0.6 is 0 Å². The molecule has 0 radical (unpaired) electrons. The number of hydrogen-bond acceptors (Lipinski definition) is 3. The van der Waals surface area contributed by atoms with Gasteiger partial charge in [-0.15, -0.1) is 0 Å². The Balaban J connectivity index is 1.85. The van der Waals surface area contributed by atoms with Crippen molar-refractivity contribution in [3.63, 3.8) is 0 Å². The van der Waals surface area contributed by atoms with Gasteiger partial charge >= 0.3 is 0 Å². The molecule has 0 aromatic carbocycles. The van der Waals surface area contributed by atoms with Crippen molar-refractivity contribution in [3.05, 3.63) is 0 Å². The predicted octanol–water partition coefficient (Wildman–Crippen LogP) is 4.20. The molecule has 0 saturated carbocycles. The highest BCUT2D eigenvalue weighted by atomic mass is 16.5. The molecule has 0 amide bonds. The highest BCUT2D eigenvalue weighted by molar-refractivity contribution is 4.78. The summed E-state index contributed by atoms with van der Waals surface area (Å²) in [7, 11) is 0. The van der Waals surface area contributed by atoms with Crippen molar-refractivity contribution in [2.24, 2.45) is 0 Å². The van der Waals surface area contributed by atoms with Crippen LogP contribution in [0.2, 0.25) is 0 Å². The first-order chi connectivity index (χ1) is 10.3. The van der Waals surface area contributed by atoms with Gasteiger partial charge in [-0.1, -0.05) is 71.1 Å². The molecule has 0 aliphatic carbocycles. The maximum atomic E-state index is 10.1. The first kappa shape index (κ1) is 18.9. The number of aliphatic hydroxyl groups excluding tert-OH is 2. The summed E-state index contributed by atoms with van der Waals surface area (Å²) >= 11 is 0. The number of rotatable bonds is 13. The van der Waals surface area contributed by atoms with Gasteiger partial charge in [0.25, 0.3) is 0 Å². The Bertz CT molecular complexity index is 233. The minimum Gasteiger partial charge on any atom is -0.394 e. The topological polar surface area (TPSA) is 49.7 Å². The molecule has 3 nitrogen and oxygen atoms in total. The number of ether oxygens (including phenoxy) is 1. The Hall–Kier alpha value is -0.120. The van der Waals surface area contributed by atoms with Gasteiger partial charge in [-0.05, 0) is 19.3 Å². The number of aliphatic hydroxyl groups is 2. The van der Waals surface area contributed by atoms with Crippen LogP contribution in [0.15, 0.2) is 0 Å². The summed E-state index contributed by atoms with van der Waals surface area (Å²) in [6, 6.07) is 0. The molecule has 0 bridgehead atoms. The summed E-state index contributed by atoms with van der Waals surface area (Å²) in [5.41, 5.74) is 0. The van der Waals surface area contributed by atoms with E-state index in [9.17, 15) is 5.11 Å². The Morgan fingerprint density at radius 3 is 2.00 bits per heavy atom. The molecule has 0 aromatic heterocycles. The third-order valence-corrected chi connectivity index (χ3v) is 4.63. The van der Waals surface area contributed by atoms with Crippen LogP contribution in [-0.2, 0) is 4.74 Å². The molecule has 1 aliphatic heterocycles. The summed E-state index contributed by atoms with van der Waals surface area (Å²) in [6.07, 6.45) is 15.4. The first-order valence-corrected chi connectivity index (χ1v) is 9.22. The maximum absolute atomic E-state index is 10.1. The molecule has 3 heteroatoms. The molecule has 0 unspecified atom stereocenters. The van der Waals surface area contributed by atoms with Gasteiger partial charge in [-0.2, -0.15) is 0 Å². The second-order valence-corrected chi connectivity index (χ2v) is 6.59. The largest absolute Gasteiger partial charge is 0.394 e. The molecule has 1 fully saturated rings. The minimum atomic E-state index is -0.337. The van der Waals surface area contributed by atoms with Crippen LogP contribution in [0.5, 0.6) is 0 Å². The van der Waals surface area contributed by atoms with Crippen LogP contribution in [-0.4, -0.2) is 35.1 Å². The van der Waals surface area contributed by atoms with Crippen LogP contribution < -0.4 is 0 Å². The Morgan fingerprint density at radius 1 is 0.905 bits per heavy atom. The molecule has 0 aromatic rings. The van der Waals surface area contributed by atoms with E-state index in [0.29, 0.717) is 0 Å². The first-order valence-electron chi connectivity index (χ1n) is 9.22. The molecular formula is C18H36O3. The standard InChI is InChI=1S/C18H36O3/c1-2-3-4-5-6-7-8-9-10-11-12-17(20)18-14-13-16(15-19)21-18/h16-20H,2-15H2,1H3/t16-,17-,18-/m1/s1. The molecule has 21 heavy (non-hydrogen) atoms. The van der Waals surface area contributed by atoms with Gasteiger partial charge < -0.3 is 14.9 Å². The SMILES string of the molecule is CCCCCCCCCCCC[C@@H](O)[C@H]1CC[C@H](CO)O1. The molecule has 2 N–H and O–H groups in total. The van der Waals surface area contributed by atoms with E-state index in [-0.39, 0.29) is 24.9 Å². The van der Waals surface area contributed by atoms with Crippen molar-refractivity contribution in [1.29, 1.82) is 0 Å². The number of unbranched alkanes of at least 4 members (excludes halogenated alkanes) is 9. The average molecular weight is 300 g/mol.